The van der Waals surface area contributed by atoms with E-state index in [0.717, 1.165) is 30.0 Å². The van der Waals surface area contributed by atoms with E-state index in [9.17, 15) is 5.26 Å². The second-order valence-corrected chi connectivity index (χ2v) is 4.83. The molecule has 0 spiro atoms. The van der Waals surface area contributed by atoms with Crippen LogP contribution in [-0.4, -0.2) is 9.78 Å². The Bertz CT molecular complexity index is 640. The maximum atomic E-state index is 9.30. The van der Waals surface area contributed by atoms with Crippen molar-refractivity contribution in [1.29, 1.82) is 5.26 Å². The van der Waals surface area contributed by atoms with Gasteiger partial charge in [-0.1, -0.05) is 32.0 Å². The van der Waals surface area contributed by atoms with Crippen LogP contribution in [0.3, 0.4) is 0 Å². The molecule has 0 radical (unpaired) electrons. The third-order valence-electron chi connectivity index (χ3n) is 3.58. The fraction of sp³-hybridized carbons (Fsp3) is 0.375. The molecule has 0 aliphatic heterocycles. The number of nitrogens with one attached hydrogen (secondary N) is 1. The van der Waals surface area contributed by atoms with Gasteiger partial charge in [-0.25, -0.2) is 0 Å². The van der Waals surface area contributed by atoms with Crippen molar-refractivity contribution in [2.45, 2.75) is 33.6 Å². The van der Waals surface area contributed by atoms with Gasteiger partial charge in [0.05, 0.1) is 5.69 Å². The van der Waals surface area contributed by atoms with Gasteiger partial charge in [0.1, 0.15) is 17.5 Å². The van der Waals surface area contributed by atoms with Gasteiger partial charge in [0.25, 0.3) is 0 Å². The topological polar surface area (TPSA) is 53.6 Å². The highest BCUT2D eigenvalue weighted by atomic mass is 15.3. The van der Waals surface area contributed by atoms with E-state index < -0.39 is 0 Å². The number of hydrogen-bond donors (Lipinski definition) is 1. The number of anilines is 2. The van der Waals surface area contributed by atoms with Crippen molar-refractivity contribution in [3.8, 4) is 6.07 Å². The minimum atomic E-state index is 0.612. The Kier molecular flexibility index (Phi) is 4.09. The zero-order valence-electron chi connectivity index (χ0n) is 12.5. The van der Waals surface area contributed by atoms with Crippen LogP contribution in [-0.2, 0) is 19.9 Å². The lowest BCUT2D eigenvalue weighted by Gasteiger charge is -2.15. The lowest BCUT2D eigenvalue weighted by atomic mass is 10.0. The molecule has 0 saturated carbocycles. The molecule has 0 fully saturated rings. The van der Waals surface area contributed by atoms with Crippen molar-refractivity contribution in [2.24, 2.45) is 7.05 Å². The molecule has 0 aliphatic rings. The fourth-order valence-electron chi connectivity index (χ4n) is 2.46. The monoisotopic (exact) mass is 268 g/mol. The Morgan fingerprint density at radius 3 is 2.35 bits per heavy atom. The quantitative estimate of drug-likeness (QED) is 0.923. The van der Waals surface area contributed by atoms with E-state index in [4.69, 9.17) is 0 Å². The SMILES string of the molecule is CCc1cccc(CC)c1Nc1c(C#N)c(C)nn1C. The predicted molar refractivity (Wildman–Crippen MR) is 81.1 cm³/mol. The van der Waals surface area contributed by atoms with E-state index in [1.165, 1.54) is 11.1 Å². The molecule has 0 aliphatic carbocycles. The Morgan fingerprint density at radius 1 is 1.25 bits per heavy atom. The summed E-state index contributed by atoms with van der Waals surface area (Å²) in [4.78, 5) is 0. The number of hydrogen-bond acceptors (Lipinski definition) is 3. The zero-order valence-corrected chi connectivity index (χ0v) is 12.5. The maximum absolute atomic E-state index is 9.30. The molecule has 4 heteroatoms. The standard InChI is InChI=1S/C16H20N4/c1-5-12-8-7-9-13(6-2)15(12)18-16-14(10-17)11(3)19-20(16)4/h7-9,18H,5-6H2,1-4H3. The molecule has 0 unspecified atom stereocenters. The molecule has 0 saturated heterocycles. The predicted octanol–water partition coefficient (Wildman–Crippen LogP) is 3.47. The number of benzene rings is 1. The molecular weight excluding hydrogens is 248 g/mol. The molecule has 4 nitrogen and oxygen atoms in total. The Balaban J connectivity index is 2.53. The summed E-state index contributed by atoms with van der Waals surface area (Å²) >= 11 is 0. The van der Waals surface area contributed by atoms with Gasteiger partial charge in [-0.3, -0.25) is 4.68 Å². The van der Waals surface area contributed by atoms with E-state index in [-0.39, 0.29) is 0 Å². The Labute approximate surface area is 120 Å². The molecule has 0 amide bonds. The van der Waals surface area contributed by atoms with E-state index in [0.29, 0.717) is 5.56 Å². The summed E-state index contributed by atoms with van der Waals surface area (Å²) in [5.74, 6) is 0.764. The number of aromatic nitrogens is 2. The van der Waals surface area contributed by atoms with Crippen LogP contribution < -0.4 is 5.32 Å². The van der Waals surface area contributed by atoms with Gasteiger partial charge in [0.15, 0.2) is 0 Å². The van der Waals surface area contributed by atoms with E-state index in [2.05, 4.69) is 48.5 Å². The van der Waals surface area contributed by atoms with Gasteiger partial charge in [0, 0.05) is 12.7 Å². The van der Waals surface area contributed by atoms with Crippen LogP contribution in [0.25, 0.3) is 0 Å². The van der Waals surface area contributed by atoms with Gasteiger partial charge < -0.3 is 5.32 Å². The van der Waals surface area contributed by atoms with Crippen molar-refractivity contribution in [2.75, 3.05) is 5.32 Å². The fourth-order valence-corrected chi connectivity index (χ4v) is 2.46. The smallest absolute Gasteiger partial charge is 0.146 e. The van der Waals surface area contributed by atoms with Crippen LogP contribution in [0.5, 0.6) is 0 Å². The summed E-state index contributed by atoms with van der Waals surface area (Å²) in [6, 6.07) is 8.56. The molecular formula is C16H20N4. The lowest BCUT2D eigenvalue weighted by molar-refractivity contribution is 0.764. The van der Waals surface area contributed by atoms with Crippen LogP contribution in [0, 0.1) is 18.3 Å². The third-order valence-corrected chi connectivity index (χ3v) is 3.58. The zero-order chi connectivity index (χ0) is 14.7. The summed E-state index contributed by atoms with van der Waals surface area (Å²) in [6.45, 7) is 6.13. The van der Waals surface area contributed by atoms with Crippen LogP contribution in [0.2, 0.25) is 0 Å². The number of aryl methyl sites for hydroxylation is 4. The highest BCUT2D eigenvalue weighted by Gasteiger charge is 2.15. The molecule has 0 bridgehead atoms. The first-order valence-electron chi connectivity index (χ1n) is 6.93. The highest BCUT2D eigenvalue weighted by molar-refractivity contribution is 5.69. The maximum Gasteiger partial charge on any atom is 0.146 e. The number of para-hydroxylation sites is 1. The highest BCUT2D eigenvalue weighted by Crippen LogP contribution is 2.28. The molecule has 1 aromatic carbocycles. The Morgan fingerprint density at radius 2 is 1.85 bits per heavy atom. The summed E-state index contributed by atoms with van der Waals surface area (Å²) in [5.41, 5.74) is 4.99. The lowest BCUT2D eigenvalue weighted by Crippen LogP contribution is -2.05. The molecule has 1 heterocycles. The molecule has 1 N–H and O–H groups in total. The summed E-state index contributed by atoms with van der Waals surface area (Å²) in [7, 11) is 1.86. The average molecular weight is 268 g/mol. The first-order chi connectivity index (χ1) is 9.62. The molecule has 104 valence electrons. The van der Waals surface area contributed by atoms with E-state index >= 15 is 0 Å². The molecule has 20 heavy (non-hydrogen) atoms. The molecule has 2 rings (SSSR count). The van der Waals surface area contributed by atoms with Gasteiger partial charge in [-0.05, 0) is 30.9 Å². The summed E-state index contributed by atoms with van der Waals surface area (Å²) in [6.07, 6.45) is 1.91. The number of rotatable bonds is 4. The van der Waals surface area contributed by atoms with Gasteiger partial charge in [0.2, 0.25) is 0 Å². The largest absolute Gasteiger partial charge is 0.339 e. The summed E-state index contributed by atoms with van der Waals surface area (Å²) in [5, 5.41) is 17.1. The van der Waals surface area contributed by atoms with Crippen molar-refractivity contribution >= 4 is 11.5 Å². The number of nitrogens with zero attached hydrogens (tertiary/aromatic N) is 3. The van der Waals surface area contributed by atoms with Gasteiger partial charge in [-0.2, -0.15) is 10.4 Å². The van der Waals surface area contributed by atoms with Crippen molar-refractivity contribution in [3.63, 3.8) is 0 Å². The van der Waals surface area contributed by atoms with Crippen molar-refractivity contribution < 1.29 is 0 Å². The first kappa shape index (κ1) is 14.1. The minimum absolute atomic E-state index is 0.612. The van der Waals surface area contributed by atoms with Crippen LogP contribution >= 0.6 is 0 Å². The van der Waals surface area contributed by atoms with Crippen molar-refractivity contribution in [3.05, 3.63) is 40.6 Å². The second-order valence-electron chi connectivity index (χ2n) is 4.83. The average Bonchev–Trinajstić information content (AvgIpc) is 2.72. The summed E-state index contributed by atoms with van der Waals surface area (Å²) < 4.78 is 1.74. The van der Waals surface area contributed by atoms with Crippen LogP contribution in [0.1, 0.15) is 36.2 Å². The number of nitriles is 1. The Hall–Kier alpha value is -2.28. The van der Waals surface area contributed by atoms with E-state index in [1.54, 1.807) is 4.68 Å². The van der Waals surface area contributed by atoms with Crippen molar-refractivity contribution in [1.82, 2.24) is 9.78 Å². The van der Waals surface area contributed by atoms with Gasteiger partial charge >= 0.3 is 0 Å². The first-order valence-corrected chi connectivity index (χ1v) is 6.93. The van der Waals surface area contributed by atoms with E-state index in [1.807, 2.05) is 14.0 Å². The second kappa shape index (κ2) is 5.79. The minimum Gasteiger partial charge on any atom is -0.339 e. The normalized spacial score (nSPS) is 10.3. The third kappa shape index (κ3) is 2.39. The van der Waals surface area contributed by atoms with Gasteiger partial charge in [-0.15, -0.1) is 0 Å². The van der Waals surface area contributed by atoms with Crippen LogP contribution in [0.4, 0.5) is 11.5 Å². The van der Waals surface area contributed by atoms with Crippen LogP contribution in [0.15, 0.2) is 18.2 Å². The molecule has 2 aromatic rings. The molecule has 1 aromatic heterocycles. The molecule has 0 atom stereocenters.